The number of benzene rings is 2. The van der Waals surface area contributed by atoms with E-state index in [9.17, 15) is 4.79 Å². The summed E-state index contributed by atoms with van der Waals surface area (Å²) in [5, 5.41) is 3.24. The van der Waals surface area contributed by atoms with E-state index in [2.05, 4.69) is 5.32 Å². The second-order valence-electron chi connectivity index (χ2n) is 4.15. The van der Waals surface area contributed by atoms with Crippen LogP contribution in [0.5, 0.6) is 5.75 Å². The maximum Gasteiger partial charge on any atom is 0.417 e. The summed E-state index contributed by atoms with van der Waals surface area (Å²) in [4.78, 5) is 12.9. The van der Waals surface area contributed by atoms with E-state index in [0.29, 0.717) is 16.5 Å². The summed E-state index contributed by atoms with van der Waals surface area (Å²) in [6.07, 6.45) is 1.45. The first-order valence-electron chi connectivity index (χ1n) is 5.97. The second-order valence-corrected chi connectivity index (χ2v) is 5.44. The molecule has 1 amide bonds. The summed E-state index contributed by atoms with van der Waals surface area (Å²) in [7, 11) is 0. The highest BCUT2D eigenvalue weighted by molar-refractivity contribution is 7.98. The number of carbonyl (C=O) groups excluding carboxylic acids is 1. The Hall–Kier alpha value is -1.65. The minimum absolute atomic E-state index is 0.499. The average molecular weight is 308 g/mol. The van der Waals surface area contributed by atoms with Crippen LogP contribution in [0.2, 0.25) is 5.02 Å². The van der Waals surface area contributed by atoms with Gasteiger partial charge in [-0.15, -0.1) is 11.8 Å². The van der Waals surface area contributed by atoms with Crippen LogP contribution in [0.25, 0.3) is 0 Å². The van der Waals surface area contributed by atoms with E-state index >= 15 is 0 Å². The van der Waals surface area contributed by atoms with E-state index in [4.69, 9.17) is 16.3 Å². The number of nitrogens with one attached hydrogen (secondary N) is 1. The minimum Gasteiger partial charge on any atom is -0.410 e. The molecule has 0 aliphatic heterocycles. The molecule has 0 aliphatic carbocycles. The van der Waals surface area contributed by atoms with Crippen LogP contribution in [-0.2, 0) is 0 Å². The first-order chi connectivity index (χ1) is 9.58. The van der Waals surface area contributed by atoms with Crippen LogP contribution in [0.15, 0.2) is 47.4 Å². The molecule has 3 nitrogen and oxygen atoms in total. The van der Waals surface area contributed by atoms with Crippen molar-refractivity contribution in [3.05, 3.63) is 53.1 Å². The number of hydrogen-bond acceptors (Lipinski definition) is 3. The molecule has 1 N–H and O–H groups in total. The zero-order chi connectivity index (χ0) is 14.5. The Kier molecular flexibility index (Phi) is 4.93. The largest absolute Gasteiger partial charge is 0.417 e. The van der Waals surface area contributed by atoms with E-state index < -0.39 is 6.09 Å². The number of aryl methyl sites for hydroxylation is 1. The van der Waals surface area contributed by atoms with Gasteiger partial charge in [0.1, 0.15) is 5.75 Å². The first-order valence-corrected chi connectivity index (χ1v) is 7.58. The summed E-state index contributed by atoms with van der Waals surface area (Å²) >= 11 is 7.63. The summed E-state index contributed by atoms with van der Waals surface area (Å²) in [6, 6.07) is 12.6. The molecule has 0 bridgehead atoms. The SMILES string of the molecule is CSc1ccc(OC(=O)Nc2ccc(C)c(Cl)c2)cc1. The van der Waals surface area contributed by atoms with E-state index in [1.807, 2.05) is 31.4 Å². The lowest BCUT2D eigenvalue weighted by Crippen LogP contribution is -2.16. The van der Waals surface area contributed by atoms with Crippen molar-refractivity contribution < 1.29 is 9.53 Å². The van der Waals surface area contributed by atoms with Gasteiger partial charge in [-0.1, -0.05) is 17.7 Å². The van der Waals surface area contributed by atoms with Gasteiger partial charge >= 0.3 is 6.09 Å². The summed E-state index contributed by atoms with van der Waals surface area (Å²) in [5.41, 5.74) is 1.56. The Bertz CT molecular complexity index is 614. The molecule has 5 heteroatoms. The number of rotatable bonds is 3. The molecular formula is C15H14ClNO2S. The van der Waals surface area contributed by atoms with Gasteiger partial charge in [-0.3, -0.25) is 5.32 Å². The number of amides is 1. The van der Waals surface area contributed by atoms with Gasteiger partial charge in [0.05, 0.1) is 0 Å². The molecule has 0 aliphatic rings. The first kappa shape index (κ1) is 14.8. The van der Waals surface area contributed by atoms with Crippen molar-refractivity contribution in [3.8, 4) is 5.75 Å². The summed E-state index contributed by atoms with van der Waals surface area (Å²) in [5.74, 6) is 0.499. The molecule has 104 valence electrons. The van der Waals surface area contributed by atoms with Crippen LogP contribution in [0.3, 0.4) is 0 Å². The molecule has 2 rings (SSSR count). The van der Waals surface area contributed by atoms with Gasteiger partial charge in [0, 0.05) is 15.6 Å². The third kappa shape index (κ3) is 3.92. The fraction of sp³-hybridized carbons (Fsp3) is 0.133. The molecular weight excluding hydrogens is 294 g/mol. The van der Waals surface area contributed by atoms with Gasteiger partial charge < -0.3 is 4.74 Å². The lowest BCUT2D eigenvalue weighted by atomic mass is 10.2. The van der Waals surface area contributed by atoms with Crippen LogP contribution in [0.1, 0.15) is 5.56 Å². The van der Waals surface area contributed by atoms with Crippen LogP contribution in [-0.4, -0.2) is 12.3 Å². The number of thioether (sulfide) groups is 1. The molecule has 2 aromatic carbocycles. The van der Waals surface area contributed by atoms with Crippen LogP contribution in [0, 0.1) is 6.92 Å². The summed E-state index contributed by atoms with van der Waals surface area (Å²) in [6.45, 7) is 1.90. The van der Waals surface area contributed by atoms with Crippen molar-refractivity contribution in [1.82, 2.24) is 0 Å². The average Bonchev–Trinajstić information content (AvgIpc) is 2.44. The Balaban J connectivity index is 1.99. The van der Waals surface area contributed by atoms with Gasteiger partial charge in [-0.2, -0.15) is 0 Å². The molecule has 0 unspecified atom stereocenters. The highest BCUT2D eigenvalue weighted by Gasteiger charge is 2.06. The van der Waals surface area contributed by atoms with Gasteiger partial charge in [0.2, 0.25) is 0 Å². The molecule has 0 spiro atoms. The van der Waals surface area contributed by atoms with E-state index in [1.54, 1.807) is 36.0 Å². The van der Waals surface area contributed by atoms with Crippen molar-refractivity contribution in [1.29, 1.82) is 0 Å². The molecule has 0 radical (unpaired) electrons. The van der Waals surface area contributed by atoms with Crippen LogP contribution < -0.4 is 10.1 Å². The molecule has 0 saturated heterocycles. The van der Waals surface area contributed by atoms with Crippen molar-refractivity contribution in [2.24, 2.45) is 0 Å². The highest BCUT2D eigenvalue weighted by Crippen LogP contribution is 2.21. The maximum atomic E-state index is 11.8. The van der Waals surface area contributed by atoms with Crippen molar-refractivity contribution in [2.75, 3.05) is 11.6 Å². The Morgan fingerprint density at radius 2 is 1.90 bits per heavy atom. The lowest BCUT2D eigenvalue weighted by molar-refractivity contribution is 0.215. The third-order valence-electron chi connectivity index (χ3n) is 2.69. The predicted octanol–water partition coefficient (Wildman–Crippen LogP) is 4.98. The fourth-order valence-electron chi connectivity index (χ4n) is 1.56. The molecule has 0 saturated carbocycles. The molecule has 0 aromatic heterocycles. The standard InChI is InChI=1S/C15H14ClNO2S/c1-10-3-4-11(9-14(10)16)17-15(18)19-12-5-7-13(20-2)8-6-12/h3-9H,1-2H3,(H,17,18). The number of anilines is 1. The zero-order valence-electron chi connectivity index (χ0n) is 11.1. The number of halogens is 1. The van der Waals surface area contributed by atoms with Gasteiger partial charge in [-0.05, 0) is 55.1 Å². The zero-order valence-corrected chi connectivity index (χ0v) is 12.7. The van der Waals surface area contributed by atoms with E-state index in [-0.39, 0.29) is 0 Å². The Morgan fingerprint density at radius 3 is 2.50 bits per heavy atom. The van der Waals surface area contributed by atoms with Crippen molar-refractivity contribution >= 4 is 35.1 Å². The predicted molar refractivity (Wildman–Crippen MR) is 84.1 cm³/mol. The fourth-order valence-corrected chi connectivity index (χ4v) is 2.15. The second kappa shape index (κ2) is 6.68. The normalized spacial score (nSPS) is 10.2. The number of hydrogen-bond donors (Lipinski definition) is 1. The van der Waals surface area contributed by atoms with Crippen molar-refractivity contribution in [3.63, 3.8) is 0 Å². The quantitative estimate of drug-likeness (QED) is 0.813. The monoisotopic (exact) mass is 307 g/mol. The van der Waals surface area contributed by atoms with Crippen LogP contribution >= 0.6 is 23.4 Å². The van der Waals surface area contributed by atoms with E-state index in [0.717, 1.165) is 10.5 Å². The maximum absolute atomic E-state index is 11.8. The number of carbonyl (C=O) groups is 1. The molecule has 0 heterocycles. The topological polar surface area (TPSA) is 38.3 Å². The lowest BCUT2D eigenvalue weighted by Gasteiger charge is -2.08. The van der Waals surface area contributed by atoms with Gasteiger partial charge in [0.15, 0.2) is 0 Å². The van der Waals surface area contributed by atoms with Gasteiger partial charge in [-0.25, -0.2) is 4.79 Å². The highest BCUT2D eigenvalue weighted by atomic mass is 35.5. The Morgan fingerprint density at radius 1 is 1.20 bits per heavy atom. The molecule has 20 heavy (non-hydrogen) atoms. The smallest absolute Gasteiger partial charge is 0.410 e. The van der Waals surface area contributed by atoms with E-state index in [1.165, 1.54) is 0 Å². The third-order valence-corrected chi connectivity index (χ3v) is 3.84. The minimum atomic E-state index is -0.540. The Labute approximate surface area is 127 Å². The molecule has 0 fully saturated rings. The summed E-state index contributed by atoms with van der Waals surface area (Å²) < 4.78 is 5.19. The van der Waals surface area contributed by atoms with Crippen molar-refractivity contribution in [2.45, 2.75) is 11.8 Å². The van der Waals surface area contributed by atoms with Crippen LogP contribution in [0.4, 0.5) is 10.5 Å². The molecule has 0 atom stereocenters. The van der Waals surface area contributed by atoms with Gasteiger partial charge in [0.25, 0.3) is 0 Å². The molecule has 2 aromatic rings. The number of ether oxygens (including phenoxy) is 1.